The predicted octanol–water partition coefficient (Wildman–Crippen LogP) is 15.4. The van der Waals surface area contributed by atoms with E-state index in [4.69, 9.17) is 6.58 Å². The Kier molecular flexibility index (Phi) is 9.82. The monoisotopic (exact) mass is 909 g/mol. The summed E-state index contributed by atoms with van der Waals surface area (Å²) in [5.74, 6) is 0. The first-order valence-electron chi connectivity index (χ1n) is 24.0. The third-order valence-electron chi connectivity index (χ3n) is 14.5. The van der Waals surface area contributed by atoms with Crippen LogP contribution in [0, 0.1) is 0 Å². The van der Waals surface area contributed by atoms with Gasteiger partial charge in [-0.3, -0.25) is 0 Å². The van der Waals surface area contributed by atoms with Gasteiger partial charge in [-0.15, -0.1) is 0 Å². The molecule has 0 amide bonds. The Morgan fingerprint density at radius 1 is 0.400 bits per heavy atom. The van der Waals surface area contributed by atoms with E-state index in [2.05, 4.69) is 269 Å². The lowest BCUT2D eigenvalue weighted by Gasteiger charge is -2.34. The molecule has 0 aliphatic heterocycles. The quantitative estimate of drug-likeness (QED) is 0.0716. The molecular formula is C66H47N3Si. The summed E-state index contributed by atoms with van der Waals surface area (Å²) in [6, 6.07) is 89.1. The second kappa shape index (κ2) is 16.7. The van der Waals surface area contributed by atoms with Gasteiger partial charge in [0.15, 0.2) is 8.07 Å². The van der Waals surface area contributed by atoms with Crippen LogP contribution in [0.5, 0.6) is 0 Å². The molecule has 70 heavy (non-hydrogen) atoms. The fraction of sp³-hybridized carbons (Fsp3) is 0. The van der Waals surface area contributed by atoms with Crippen molar-refractivity contribution in [2.45, 2.75) is 0 Å². The van der Waals surface area contributed by atoms with E-state index in [-0.39, 0.29) is 0 Å². The molecule has 3 heterocycles. The summed E-state index contributed by atoms with van der Waals surface area (Å²) in [5.41, 5.74) is 12.8. The molecule has 0 aliphatic carbocycles. The van der Waals surface area contributed by atoms with Crippen molar-refractivity contribution in [3.63, 3.8) is 0 Å². The maximum atomic E-state index is 4.77. The molecule has 0 fully saturated rings. The molecule has 3 nitrogen and oxygen atoms in total. The zero-order valence-corrected chi connectivity index (χ0v) is 39.6. The van der Waals surface area contributed by atoms with Crippen LogP contribution in [0.3, 0.4) is 0 Å². The van der Waals surface area contributed by atoms with Crippen molar-refractivity contribution in [1.29, 1.82) is 0 Å². The van der Waals surface area contributed by atoms with Crippen LogP contribution in [0.15, 0.2) is 279 Å². The Balaban J connectivity index is 0.956. The van der Waals surface area contributed by atoms with E-state index in [9.17, 15) is 0 Å². The molecule has 0 spiro atoms. The third-order valence-corrected chi connectivity index (χ3v) is 19.2. The third kappa shape index (κ3) is 6.34. The molecule has 10 aromatic carbocycles. The molecule has 4 heteroatoms. The van der Waals surface area contributed by atoms with Crippen molar-refractivity contribution < 1.29 is 0 Å². The molecule has 0 N–H and O–H groups in total. The van der Waals surface area contributed by atoms with Crippen LogP contribution in [0.1, 0.15) is 0 Å². The van der Waals surface area contributed by atoms with Crippen molar-refractivity contribution in [3.05, 3.63) is 279 Å². The maximum Gasteiger partial charge on any atom is 0.179 e. The first-order chi connectivity index (χ1) is 34.6. The highest BCUT2D eigenvalue weighted by molar-refractivity contribution is 7.16. The fourth-order valence-electron chi connectivity index (χ4n) is 11.4. The molecule has 0 saturated heterocycles. The van der Waals surface area contributed by atoms with Gasteiger partial charge in [-0.1, -0.05) is 206 Å². The minimum Gasteiger partial charge on any atom is -0.310 e. The molecule has 13 rings (SSSR count). The SMILES string of the molecule is C=C/C=C\C(=C)[Si](c1ccccc1)(c1ccccc1)c1ccc(-c2ccc(N(c3ccc4c(c3)c3ccccc3n4-c3ccccc3)c3ccc4c(c3)c3cccc5c6ccccc6n4c53)cc2)cc1. The highest BCUT2D eigenvalue weighted by atomic mass is 28.3. The normalized spacial score (nSPS) is 12.1. The number of para-hydroxylation sites is 4. The van der Waals surface area contributed by atoms with Gasteiger partial charge < -0.3 is 13.9 Å². The second-order valence-electron chi connectivity index (χ2n) is 18.2. The molecule has 0 saturated carbocycles. The molecule has 0 bridgehead atoms. The van der Waals surface area contributed by atoms with Crippen molar-refractivity contribution in [1.82, 2.24) is 8.97 Å². The fourth-order valence-corrected chi connectivity index (χ4v) is 15.9. The maximum absolute atomic E-state index is 4.77. The number of nitrogens with zero attached hydrogens (tertiary/aromatic N) is 3. The van der Waals surface area contributed by atoms with E-state index in [0.717, 1.165) is 39.1 Å². The molecule has 0 atom stereocenters. The number of hydrogen-bond donors (Lipinski definition) is 0. The largest absolute Gasteiger partial charge is 0.310 e. The van der Waals surface area contributed by atoms with Crippen LogP contribution < -0.4 is 20.5 Å². The molecule has 0 aliphatic rings. The predicted molar refractivity (Wildman–Crippen MR) is 302 cm³/mol. The van der Waals surface area contributed by atoms with E-state index >= 15 is 0 Å². The number of hydrogen-bond acceptors (Lipinski definition) is 1. The van der Waals surface area contributed by atoms with Gasteiger partial charge in [0, 0.05) is 55.1 Å². The summed E-state index contributed by atoms with van der Waals surface area (Å²) in [6.07, 6.45) is 6.00. The number of rotatable bonds is 11. The first kappa shape index (κ1) is 41.2. The number of aromatic nitrogens is 2. The molecule has 0 unspecified atom stereocenters. The summed E-state index contributed by atoms with van der Waals surface area (Å²) in [7, 11) is -2.73. The van der Waals surface area contributed by atoms with Gasteiger partial charge in [0.2, 0.25) is 0 Å². The average Bonchev–Trinajstić information content (AvgIpc) is 4.07. The lowest BCUT2D eigenvalue weighted by Crippen LogP contribution is -2.68. The standard InChI is InChI=1S/C66H47N3Si/c1-3-4-19-46(2)70(53-22-10-6-11-23-53,54-24-12-7-13-25-54)55-40-34-48(35-41-55)47-32-36-50(37-33-47)67(51-38-42-64-60(44-51)57-27-15-16-30-62(57)68(64)49-20-8-5-9-21-49)52-39-43-65-61(45-52)59-29-18-28-58-56-26-14-17-31-63(56)69(65)66(58)59/h3-45H,1-2H2/b19-4-. The molecule has 0 radical (unpaired) electrons. The minimum absolute atomic E-state index is 1.08. The number of allylic oxidation sites excluding steroid dienone is 4. The topological polar surface area (TPSA) is 12.6 Å². The zero-order valence-electron chi connectivity index (χ0n) is 38.6. The van der Waals surface area contributed by atoms with Crippen LogP contribution >= 0.6 is 0 Å². The van der Waals surface area contributed by atoms with Gasteiger partial charge in [0.05, 0.1) is 27.6 Å². The van der Waals surface area contributed by atoms with E-state index in [1.807, 2.05) is 12.2 Å². The van der Waals surface area contributed by atoms with Gasteiger partial charge in [0.25, 0.3) is 0 Å². The van der Waals surface area contributed by atoms with Crippen molar-refractivity contribution in [2.75, 3.05) is 4.90 Å². The van der Waals surface area contributed by atoms with Gasteiger partial charge in [0.1, 0.15) is 0 Å². The Hall–Kier alpha value is -8.96. The lowest BCUT2D eigenvalue weighted by molar-refractivity contribution is 1.18. The minimum atomic E-state index is -2.73. The first-order valence-corrected chi connectivity index (χ1v) is 26.0. The molecular weight excluding hydrogens is 863 g/mol. The van der Waals surface area contributed by atoms with Gasteiger partial charge in [-0.05, 0) is 99.5 Å². The van der Waals surface area contributed by atoms with Gasteiger partial charge in [-0.2, -0.15) is 0 Å². The number of fused-ring (bicyclic) bond motifs is 9. The summed E-state index contributed by atoms with van der Waals surface area (Å²) in [4.78, 5) is 2.43. The lowest BCUT2D eigenvalue weighted by atomic mass is 10.0. The Morgan fingerprint density at radius 2 is 0.843 bits per heavy atom. The summed E-state index contributed by atoms with van der Waals surface area (Å²) in [6.45, 7) is 8.75. The second-order valence-corrected chi connectivity index (χ2v) is 22.1. The van der Waals surface area contributed by atoms with E-state index in [1.54, 1.807) is 0 Å². The van der Waals surface area contributed by atoms with Crippen LogP contribution in [-0.4, -0.2) is 17.0 Å². The summed E-state index contributed by atoms with van der Waals surface area (Å²) < 4.78 is 4.84. The Morgan fingerprint density at radius 3 is 1.47 bits per heavy atom. The van der Waals surface area contributed by atoms with E-state index in [0.29, 0.717) is 0 Å². The molecule has 13 aromatic rings. The number of benzene rings is 10. The Labute approximate surface area is 408 Å². The Bertz CT molecular complexity index is 4090. The average molecular weight is 910 g/mol. The highest BCUT2D eigenvalue weighted by Crippen LogP contribution is 2.44. The van der Waals surface area contributed by atoms with Crippen LogP contribution in [0.2, 0.25) is 0 Å². The summed E-state index contributed by atoms with van der Waals surface area (Å²) >= 11 is 0. The van der Waals surface area contributed by atoms with Gasteiger partial charge in [-0.25, -0.2) is 0 Å². The molecule has 330 valence electrons. The van der Waals surface area contributed by atoms with Crippen LogP contribution in [-0.2, 0) is 0 Å². The molecule has 3 aromatic heterocycles. The van der Waals surface area contributed by atoms with Gasteiger partial charge >= 0.3 is 0 Å². The van der Waals surface area contributed by atoms with E-state index in [1.165, 1.54) is 75.5 Å². The smallest absolute Gasteiger partial charge is 0.179 e. The number of anilines is 3. The summed E-state index contributed by atoms with van der Waals surface area (Å²) in [5, 5.41) is 12.5. The van der Waals surface area contributed by atoms with E-state index < -0.39 is 8.07 Å². The van der Waals surface area contributed by atoms with Crippen LogP contribution in [0.4, 0.5) is 17.1 Å². The van der Waals surface area contributed by atoms with Crippen molar-refractivity contribution in [2.24, 2.45) is 0 Å². The van der Waals surface area contributed by atoms with Crippen molar-refractivity contribution in [3.8, 4) is 16.8 Å². The van der Waals surface area contributed by atoms with Crippen LogP contribution in [0.25, 0.3) is 76.7 Å². The zero-order chi connectivity index (χ0) is 46.8. The highest BCUT2D eigenvalue weighted by Gasteiger charge is 2.41. The van der Waals surface area contributed by atoms with Crippen molar-refractivity contribution >= 4 is 101 Å².